The Hall–Kier alpha value is -3.66. The number of hydrogen-bond acceptors (Lipinski definition) is 7. The predicted octanol–water partition coefficient (Wildman–Crippen LogP) is 2.40. The summed E-state index contributed by atoms with van der Waals surface area (Å²) in [5.41, 5.74) is 0.572. The van der Waals surface area contributed by atoms with Crippen LogP contribution in [0.25, 0.3) is 0 Å². The van der Waals surface area contributed by atoms with Gasteiger partial charge in [0, 0.05) is 6.42 Å². The molecule has 2 aromatic heterocycles. The van der Waals surface area contributed by atoms with E-state index in [1.54, 1.807) is 30.3 Å². The monoisotopic (exact) mass is 425 g/mol. The molecule has 10 heteroatoms. The minimum Gasteiger partial charge on any atom is -0.467 e. The molecule has 0 radical (unpaired) electrons. The number of hydrogen-bond donors (Lipinski definition) is 0. The Morgan fingerprint density at radius 3 is 2.53 bits per heavy atom. The van der Waals surface area contributed by atoms with Crippen LogP contribution in [0.2, 0.25) is 0 Å². The number of amides is 2. The molecule has 30 heavy (non-hydrogen) atoms. The number of carbonyl (C=O) groups is 2. The summed E-state index contributed by atoms with van der Waals surface area (Å²) in [6, 6.07) is 12.1. The Morgan fingerprint density at radius 1 is 1.07 bits per heavy atom. The number of carbonyl (C=O) groups excluding carboxylic acids is 2. The van der Waals surface area contributed by atoms with E-state index in [9.17, 15) is 18.0 Å². The fourth-order valence-corrected chi connectivity index (χ4v) is 5.14. The first-order valence-corrected chi connectivity index (χ1v) is 10.5. The van der Waals surface area contributed by atoms with Crippen molar-refractivity contribution in [2.75, 3.05) is 6.54 Å². The minimum absolute atomic E-state index is 0.0501. The fourth-order valence-electron chi connectivity index (χ4n) is 3.62. The van der Waals surface area contributed by atoms with Crippen LogP contribution < -0.4 is 0 Å². The molecule has 1 atom stereocenters. The maximum Gasteiger partial charge on any atom is 0.269 e. The second kappa shape index (κ2) is 6.70. The number of sulfonamides is 1. The molecule has 2 amide bonds. The molecule has 0 spiro atoms. The maximum absolute atomic E-state index is 13.1. The van der Waals surface area contributed by atoms with Crippen LogP contribution in [-0.4, -0.2) is 41.8 Å². The number of nitrogens with zero attached hydrogens (tertiary/aromatic N) is 3. The van der Waals surface area contributed by atoms with E-state index in [0.717, 1.165) is 5.01 Å². The highest BCUT2D eigenvalue weighted by Crippen LogP contribution is 2.35. The van der Waals surface area contributed by atoms with E-state index in [1.165, 1.54) is 30.7 Å². The first-order chi connectivity index (χ1) is 14.5. The molecular formula is C20H15N3O6S. The lowest BCUT2D eigenvalue weighted by atomic mass is 10.1. The van der Waals surface area contributed by atoms with Crippen molar-refractivity contribution in [1.82, 2.24) is 9.31 Å². The number of rotatable bonds is 4. The van der Waals surface area contributed by atoms with E-state index in [-0.39, 0.29) is 10.5 Å². The van der Waals surface area contributed by atoms with Crippen LogP contribution in [0.3, 0.4) is 0 Å². The van der Waals surface area contributed by atoms with Crippen molar-refractivity contribution < 1.29 is 26.8 Å². The normalized spacial score (nSPS) is 19.8. The van der Waals surface area contributed by atoms with Crippen molar-refractivity contribution in [3.8, 4) is 0 Å². The van der Waals surface area contributed by atoms with Crippen molar-refractivity contribution in [3.63, 3.8) is 0 Å². The van der Waals surface area contributed by atoms with Crippen molar-refractivity contribution in [2.24, 2.45) is 5.10 Å². The van der Waals surface area contributed by atoms with E-state index in [1.807, 2.05) is 0 Å². The standard InChI is InChI=1S/C20H15N3O6S/c24-19(12-22-20(25)13-5-1-2-8-18(13)30(22,26)27)23-15(17-7-4-10-29-17)11-14(21-23)16-6-3-9-28-16/h1-10,15H,11-12H2. The lowest BCUT2D eigenvalue weighted by Gasteiger charge is -2.22. The van der Waals surface area contributed by atoms with Gasteiger partial charge in [0.15, 0.2) is 0 Å². The van der Waals surface area contributed by atoms with Gasteiger partial charge in [-0.2, -0.15) is 5.10 Å². The van der Waals surface area contributed by atoms with Gasteiger partial charge in [0.1, 0.15) is 34.7 Å². The molecule has 1 aromatic carbocycles. The summed E-state index contributed by atoms with van der Waals surface area (Å²) in [5, 5.41) is 5.50. The largest absolute Gasteiger partial charge is 0.467 e. The average molecular weight is 425 g/mol. The number of hydrazone groups is 1. The molecule has 9 nitrogen and oxygen atoms in total. The maximum atomic E-state index is 13.1. The topological polar surface area (TPSA) is 113 Å². The Labute approximate surface area is 171 Å². The molecule has 3 aromatic rings. The van der Waals surface area contributed by atoms with Crippen LogP contribution in [-0.2, 0) is 14.8 Å². The van der Waals surface area contributed by atoms with Gasteiger partial charge in [-0.05, 0) is 36.4 Å². The summed E-state index contributed by atoms with van der Waals surface area (Å²) in [6.07, 6.45) is 3.30. The fraction of sp³-hybridized carbons (Fsp3) is 0.150. The lowest BCUT2D eigenvalue weighted by Crippen LogP contribution is -2.41. The summed E-state index contributed by atoms with van der Waals surface area (Å²) in [6.45, 7) is -0.665. The Kier molecular flexibility index (Phi) is 4.10. The lowest BCUT2D eigenvalue weighted by molar-refractivity contribution is -0.133. The predicted molar refractivity (Wildman–Crippen MR) is 103 cm³/mol. The first-order valence-electron chi connectivity index (χ1n) is 9.10. The number of furan rings is 2. The third kappa shape index (κ3) is 2.76. The molecule has 152 valence electrons. The smallest absolute Gasteiger partial charge is 0.269 e. The highest BCUT2D eigenvalue weighted by Gasteiger charge is 2.44. The quantitative estimate of drug-likeness (QED) is 0.634. The molecule has 1 unspecified atom stereocenters. The average Bonchev–Trinajstić information content (AvgIpc) is 3.52. The molecule has 2 aliphatic rings. The zero-order valence-electron chi connectivity index (χ0n) is 15.5. The SMILES string of the molecule is O=C(CN1C(=O)c2ccccc2S1(=O)=O)N1N=C(c2ccco2)CC1c1ccco1. The van der Waals surface area contributed by atoms with E-state index in [0.29, 0.717) is 28.0 Å². The zero-order valence-corrected chi connectivity index (χ0v) is 16.3. The molecule has 0 saturated carbocycles. The van der Waals surface area contributed by atoms with Crippen molar-refractivity contribution >= 4 is 27.5 Å². The van der Waals surface area contributed by atoms with Gasteiger partial charge in [-0.25, -0.2) is 17.7 Å². The summed E-state index contributed by atoms with van der Waals surface area (Å²) in [4.78, 5) is 25.6. The summed E-state index contributed by atoms with van der Waals surface area (Å²) >= 11 is 0. The third-order valence-electron chi connectivity index (χ3n) is 5.03. The van der Waals surface area contributed by atoms with Gasteiger partial charge in [0.25, 0.3) is 21.8 Å². The van der Waals surface area contributed by atoms with Crippen LogP contribution in [0.5, 0.6) is 0 Å². The van der Waals surface area contributed by atoms with Gasteiger partial charge in [-0.3, -0.25) is 9.59 Å². The van der Waals surface area contributed by atoms with Gasteiger partial charge in [-0.15, -0.1) is 0 Å². The van der Waals surface area contributed by atoms with Crippen LogP contribution in [0.4, 0.5) is 0 Å². The van der Waals surface area contributed by atoms with Crippen molar-refractivity contribution in [3.05, 3.63) is 78.1 Å². The number of benzene rings is 1. The highest BCUT2D eigenvalue weighted by molar-refractivity contribution is 7.90. The van der Waals surface area contributed by atoms with Gasteiger partial charge in [0.05, 0.1) is 18.1 Å². The summed E-state index contributed by atoms with van der Waals surface area (Å²) < 4.78 is 37.0. The molecule has 0 N–H and O–H groups in total. The Morgan fingerprint density at radius 2 is 1.83 bits per heavy atom. The van der Waals surface area contributed by atoms with E-state index < -0.39 is 34.4 Å². The van der Waals surface area contributed by atoms with E-state index in [4.69, 9.17) is 8.83 Å². The molecule has 0 saturated heterocycles. The molecule has 2 aliphatic heterocycles. The molecule has 0 fully saturated rings. The minimum atomic E-state index is -4.10. The van der Waals surface area contributed by atoms with Gasteiger partial charge in [0.2, 0.25) is 0 Å². The first kappa shape index (κ1) is 18.4. The Balaban J connectivity index is 1.46. The summed E-state index contributed by atoms with van der Waals surface area (Å²) in [7, 11) is -4.10. The van der Waals surface area contributed by atoms with Crippen LogP contribution in [0, 0.1) is 0 Å². The highest BCUT2D eigenvalue weighted by atomic mass is 32.2. The van der Waals surface area contributed by atoms with Gasteiger partial charge < -0.3 is 8.83 Å². The van der Waals surface area contributed by atoms with Crippen molar-refractivity contribution in [2.45, 2.75) is 17.4 Å². The molecular weight excluding hydrogens is 410 g/mol. The molecule has 0 aliphatic carbocycles. The molecule has 5 rings (SSSR count). The number of fused-ring (bicyclic) bond motifs is 1. The van der Waals surface area contributed by atoms with Crippen molar-refractivity contribution in [1.29, 1.82) is 0 Å². The van der Waals surface area contributed by atoms with E-state index in [2.05, 4.69) is 5.10 Å². The van der Waals surface area contributed by atoms with Crippen LogP contribution in [0.15, 0.2) is 79.9 Å². The van der Waals surface area contributed by atoms with Gasteiger partial charge in [-0.1, -0.05) is 12.1 Å². The summed E-state index contributed by atoms with van der Waals surface area (Å²) in [5.74, 6) is -0.391. The van der Waals surface area contributed by atoms with Crippen LogP contribution >= 0.6 is 0 Å². The van der Waals surface area contributed by atoms with Gasteiger partial charge >= 0.3 is 0 Å². The molecule has 0 bridgehead atoms. The van der Waals surface area contributed by atoms with Crippen LogP contribution in [0.1, 0.15) is 34.3 Å². The molecule has 4 heterocycles. The van der Waals surface area contributed by atoms with E-state index >= 15 is 0 Å². The second-order valence-corrected chi connectivity index (χ2v) is 8.64. The Bertz CT molecular complexity index is 1260. The zero-order chi connectivity index (χ0) is 20.9. The second-order valence-electron chi connectivity index (χ2n) is 6.81. The third-order valence-corrected chi connectivity index (χ3v) is 6.82.